The van der Waals surface area contributed by atoms with Gasteiger partial charge in [-0.05, 0) is 43.1 Å². The molecule has 0 radical (unpaired) electrons. The summed E-state index contributed by atoms with van der Waals surface area (Å²) in [5, 5.41) is 0. The van der Waals surface area contributed by atoms with Gasteiger partial charge in [0.2, 0.25) is 0 Å². The van der Waals surface area contributed by atoms with Crippen molar-refractivity contribution in [2.45, 2.75) is 64.2 Å². The average molecular weight is 255 g/mol. The molecule has 102 valence electrons. The van der Waals surface area contributed by atoms with E-state index in [2.05, 4.69) is 23.9 Å². The summed E-state index contributed by atoms with van der Waals surface area (Å²) in [5.74, 6) is 1.72. The van der Waals surface area contributed by atoms with Crippen LogP contribution in [0.3, 0.4) is 0 Å². The van der Waals surface area contributed by atoms with Crippen LogP contribution in [0.25, 0.3) is 4.85 Å². The van der Waals surface area contributed by atoms with Crippen molar-refractivity contribution in [1.29, 1.82) is 0 Å². The normalized spacial score (nSPS) is 22.9. The van der Waals surface area contributed by atoms with Crippen molar-refractivity contribution in [3.63, 3.8) is 0 Å². The third-order valence-corrected chi connectivity index (χ3v) is 4.56. The van der Waals surface area contributed by atoms with Crippen LogP contribution in [0.1, 0.15) is 69.8 Å². The minimum absolute atomic E-state index is 0.738. The second kappa shape index (κ2) is 7.34. The summed E-state index contributed by atoms with van der Waals surface area (Å²) < 4.78 is 0. The first-order chi connectivity index (χ1) is 9.33. The monoisotopic (exact) mass is 255 g/mol. The van der Waals surface area contributed by atoms with Crippen LogP contribution >= 0.6 is 0 Å². The van der Waals surface area contributed by atoms with Crippen LogP contribution < -0.4 is 0 Å². The van der Waals surface area contributed by atoms with Gasteiger partial charge in [-0.2, -0.15) is 0 Å². The van der Waals surface area contributed by atoms with Gasteiger partial charge in [0.15, 0.2) is 5.69 Å². The van der Waals surface area contributed by atoms with Gasteiger partial charge in [0.05, 0.1) is 6.57 Å². The summed E-state index contributed by atoms with van der Waals surface area (Å²) in [4.78, 5) is 3.46. The summed E-state index contributed by atoms with van der Waals surface area (Å²) in [6.07, 6.45) is 11.1. The Hall–Kier alpha value is -1.29. The molecule has 1 fully saturated rings. The van der Waals surface area contributed by atoms with Gasteiger partial charge in [-0.15, -0.1) is 0 Å². The first-order valence-electron chi connectivity index (χ1n) is 7.81. The van der Waals surface area contributed by atoms with Gasteiger partial charge in [0.25, 0.3) is 0 Å². The van der Waals surface area contributed by atoms with Crippen LogP contribution in [0.2, 0.25) is 0 Å². The maximum atomic E-state index is 6.99. The van der Waals surface area contributed by atoms with E-state index in [1.54, 1.807) is 0 Å². The van der Waals surface area contributed by atoms with E-state index in [9.17, 15) is 0 Å². The summed E-state index contributed by atoms with van der Waals surface area (Å²) >= 11 is 0. The predicted molar refractivity (Wildman–Crippen MR) is 81.5 cm³/mol. The Kier molecular flexibility index (Phi) is 5.45. The fourth-order valence-corrected chi connectivity index (χ4v) is 3.29. The number of hydrogen-bond acceptors (Lipinski definition) is 0. The Morgan fingerprint density at radius 2 is 1.74 bits per heavy atom. The van der Waals surface area contributed by atoms with Gasteiger partial charge < -0.3 is 0 Å². The van der Waals surface area contributed by atoms with Crippen molar-refractivity contribution >= 4 is 5.69 Å². The average Bonchev–Trinajstić information content (AvgIpc) is 2.48. The fraction of sp³-hybridized carbons (Fsp3) is 0.611. The first kappa shape index (κ1) is 14.1. The van der Waals surface area contributed by atoms with Gasteiger partial charge in [-0.1, -0.05) is 56.9 Å². The fourth-order valence-electron chi connectivity index (χ4n) is 3.29. The van der Waals surface area contributed by atoms with Crippen molar-refractivity contribution in [2.75, 3.05) is 0 Å². The molecule has 1 aliphatic rings. The molecule has 0 aliphatic heterocycles. The summed E-state index contributed by atoms with van der Waals surface area (Å²) in [7, 11) is 0. The highest BCUT2D eigenvalue weighted by Crippen LogP contribution is 2.38. The van der Waals surface area contributed by atoms with Crippen molar-refractivity contribution in [3.05, 3.63) is 41.2 Å². The number of rotatable bonds is 5. The molecule has 0 heterocycles. The highest BCUT2D eigenvalue weighted by molar-refractivity contribution is 5.45. The molecule has 1 aromatic carbocycles. The number of nitrogens with zero attached hydrogens (tertiary/aromatic N) is 1. The van der Waals surface area contributed by atoms with E-state index in [0.29, 0.717) is 0 Å². The Morgan fingerprint density at radius 1 is 1.05 bits per heavy atom. The molecule has 0 aromatic heterocycles. The molecule has 0 N–H and O–H groups in total. The molecule has 1 aromatic rings. The first-order valence-corrected chi connectivity index (χ1v) is 7.81. The zero-order chi connectivity index (χ0) is 13.5. The van der Waals surface area contributed by atoms with Gasteiger partial charge >= 0.3 is 0 Å². The molecular weight excluding hydrogens is 230 g/mol. The largest absolute Gasteiger partial charge is 0.238 e. The Bertz CT molecular complexity index is 404. The molecule has 0 amide bonds. The number of unbranched alkanes of at least 4 members (excludes halogenated alkanes) is 2. The zero-order valence-electron chi connectivity index (χ0n) is 12.1. The maximum Gasteiger partial charge on any atom is 0.187 e. The molecule has 0 spiro atoms. The maximum absolute atomic E-state index is 6.99. The minimum atomic E-state index is 0.738. The molecule has 1 nitrogen and oxygen atoms in total. The van der Waals surface area contributed by atoms with Gasteiger partial charge in [-0.25, -0.2) is 4.85 Å². The molecule has 0 saturated heterocycles. The molecule has 0 bridgehead atoms. The van der Waals surface area contributed by atoms with Crippen LogP contribution in [-0.2, 0) is 0 Å². The molecule has 0 unspecified atom stereocenters. The lowest BCUT2D eigenvalue weighted by Gasteiger charge is -2.29. The lowest BCUT2D eigenvalue weighted by molar-refractivity contribution is 0.303. The lowest BCUT2D eigenvalue weighted by Crippen LogP contribution is -2.13. The van der Waals surface area contributed by atoms with Crippen molar-refractivity contribution in [1.82, 2.24) is 0 Å². The van der Waals surface area contributed by atoms with E-state index in [0.717, 1.165) is 17.5 Å². The molecule has 2 rings (SSSR count). The quantitative estimate of drug-likeness (QED) is 0.443. The zero-order valence-corrected chi connectivity index (χ0v) is 12.1. The Labute approximate surface area is 117 Å². The Balaban J connectivity index is 1.80. The second-order valence-electron chi connectivity index (χ2n) is 5.92. The van der Waals surface area contributed by atoms with Crippen molar-refractivity contribution in [2.24, 2.45) is 5.92 Å². The highest BCUT2D eigenvalue weighted by Gasteiger charge is 2.21. The van der Waals surface area contributed by atoms with Gasteiger partial charge in [0.1, 0.15) is 0 Å². The van der Waals surface area contributed by atoms with Gasteiger partial charge in [0, 0.05) is 0 Å². The summed E-state index contributed by atoms with van der Waals surface area (Å²) in [5.41, 5.74) is 2.21. The Morgan fingerprint density at radius 3 is 2.32 bits per heavy atom. The molecule has 1 aliphatic carbocycles. The molecule has 19 heavy (non-hydrogen) atoms. The van der Waals surface area contributed by atoms with E-state index in [1.807, 2.05) is 12.1 Å². The molecule has 1 heteroatoms. The topological polar surface area (TPSA) is 4.36 Å². The van der Waals surface area contributed by atoms with Crippen molar-refractivity contribution in [3.8, 4) is 0 Å². The summed E-state index contributed by atoms with van der Waals surface area (Å²) in [6, 6.07) is 8.26. The van der Waals surface area contributed by atoms with E-state index in [4.69, 9.17) is 6.57 Å². The number of hydrogen-bond donors (Lipinski definition) is 0. The SMILES string of the molecule is [C-]#[N+]c1ccc(C2CCC(CCCCC)CC2)cc1. The smallest absolute Gasteiger partial charge is 0.187 e. The van der Waals surface area contributed by atoms with E-state index in [1.165, 1.54) is 56.9 Å². The molecular formula is C18H25N. The molecule has 1 saturated carbocycles. The number of benzene rings is 1. The summed E-state index contributed by atoms with van der Waals surface area (Å²) in [6.45, 7) is 9.27. The van der Waals surface area contributed by atoms with Crippen LogP contribution in [-0.4, -0.2) is 0 Å². The third-order valence-electron chi connectivity index (χ3n) is 4.56. The van der Waals surface area contributed by atoms with Crippen LogP contribution in [0, 0.1) is 12.5 Å². The second-order valence-corrected chi connectivity index (χ2v) is 5.92. The third kappa shape index (κ3) is 4.10. The molecule has 0 atom stereocenters. The van der Waals surface area contributed by atoms with E-state index < -0.39 is 0 Å². The van der Waals surface area contributed by atoms with E-state index >= 15 is 0 Å². The standard InChI is InChI=1S/C18H25N/c1-3-4-5-6-15-7-9-16(10-8-15)17-11-13-18(19-2)14-12-17/h11-16H,3-10H2,1H3. The highest BCUT2D eigenvalue weighted by atomic mass is 14.6. The van der Waals surface area contributed by atoms with Crippen LogP contribution in [0.15, 0.2) is 24.3 Å². The lowest BCUT2D eigenvalue weighted by atomic mass is 9.77. The van der Waals surface area contributed by atoms with Crippen LogP contribution in [0.5, 0.6) is 0 Å². The van der Waals surface area contributed by atoms with Crippen molar-refractivity contribution < 1.29 is 0 Å². The predicted octanol–water partition coefficient (Wildman–Crippen LogP) is 6.09. The van der Waals surface area contributed by atoms with E-state index in [-0.39, 0.29) is 0 Å². The minimum Gasteiger partial charge on any atom is -0.238 e. The van der Waals surface area contributed by atoms with Gasteiger partial charge in [-0.3, -0.25) is 0 Å². The van der Waals surface area contributed by atoms with Crippen LogP contribution in [0.4, 0.5) is 5.69 Å².